The van der Waals surface area contributed by atoms with Crippen molar-refractivity contribution in [3.63, 3.8) is 0 Å². The quantitative estimate of drug-likeness (QED) is 0.752. The van der Waals surface area contributed by atoms with Gasteiger partial charge < -0.3 is 10.2 Å². The Kier molecular flexibility index (Phi) is 5.23. The van der Waals surface area contributed by atoms with Gasteiger partial charge in [0.25, 0.3) is 0 Å². The molecule has 1 saturated carbocycles. The predicted octanol–water partition coefficient (Wildman–Crippen LogP) is 4.47. The zero-order valence-corrected chi connectivity index (χ0v) is 15.0. The van der Waals surface area contributed by atoms with Crippen LogP contribution >= 0.6 is 0 Å². The molecule has 22 heavy (non-hydrogen) atoms. The highest BCUT2D eigenvalue weighted by Crippen LogP contribution is 2.60. The van der Waals surface area contributed by atoms with Gasteiger partial charge in [0.1, 0.15) is 0 Å². The number of aliphatic hydroxyl groups excluding tert-OH is 2. The first-order chi connectivity index (χ1) is 10.2. The van der Waals surface area contributed by atoms with Gasteiger partial charge in [0, 0.05) is 0 Å². The van der Waals surface area contributed by atoms with Crippen LogP contribution < -0.4 is 0 Å². The third kappa shape index (κ3) is 3.19. The highest BCUT2D eigenvalue weighted by molar-refractivity contribution is 5.20. The zero-order chi connectivity index (χ0) is 16.5. The molecule has 126 valence electrons. The molecule has 0 saturated heterocycles. The summed E-state index contributed by atoms with van der Waals surface area (Å²) in [6.45, 7) is 11.5. The van der Waals surface area contributed by atoms with Gasteiger partial charge in [-0.05, 0) is 67.8 Å². The number of allylic oxidation sites excluding steroid dienone is 2. The number of hydrogen-bond acceptors (Lipinski definition) is 2. The average Bonchev–Trinajstić information content (AvgIpc) is 2.42. The summed E-state index contributed by atoms with van der Waals surface area (Å²) in [6.07, 6.45) is 9.57. The summed E-state index contributed by atoms with van der Waals surface area (Å²) in [7, 11) is 0. The van der Waals surface area contributed by atoms with E-state index >= 15 is 0 Å². The Morgan fingerprint density at radius 2 is 2.05 bits per heavy atom. The van der Waals surface area contributed by atoms with Gasteiger partial charge in [-0.15, -0.1) is 0 Å². The Labute approximate surface area is 136 Å². The van der Waals surface area contributed by atoms with Gasteiger partial charge >= 0.3 is 0 Å². The van der Waals surface area contributed by atoms with Gasteiger partial charge in [0.2, 0.25) is 0 Å². The maximum absolute atomic E-state index is 10.5. The Morgan fingerprint density at radius 1 is 1.36 bits per heavy atom. The standard InChI is InChI=1S/C20H34O2/c1-14-7-8-18-19(3,4)10-6-11-20(18,5)16(14)13-17(22)15(2)9-12-21/h7,9,16-18,21-22H,6,8,10-13H2,1-5H3/b15-9+/t16-,17+,18-,20+/m0/s1. The van der Waals surface area contributed by atoms with E-state index < -0.39 is 6.10 Å². The SMILES string of the molecule is CC1=CC[C@H]2C(C)(C)CCC[C@]2(C)[C@H]1C[C@@H](O)/C(C)=C/CO. The van der Waals surface area contributed by atoms with Crippen molar-refractivity contribution in [1.29, 1.82) is 0 Å². The molecular weight excluding hydrogens is 272 g/mol. The number of aliphatic hydroxyl groups is 2. The van der Waals surface area contributed by atoms with Crippen LogP contribution in [-0.2, 0) is 0 Å². The van der Waals surface area contributed by atoms with E-state index in [1.807, 2.05) is 6.92 Å². The lowest BCUT2D eigenvalue weighted by atomic mass is 9.48. The maximum Gasteiger partial charge on any atom is 0.0754 e. The van der Waals surface area contributed by atoms with E-state index in [9.17, 15) is 5.11 Å². The molecule has 2 N–H and O–H groups in total. The summed E-state index contributed by atoms with van der Waals surface area (Å²) in [5.41, 5.74) is 3.04. The average molecular weight is 306 g/mol. The lowest BCUT2D eigenvalue weighted by Gasteiger charge is -2.57. The second-order valence-corrected chi connectivity index (χ2v) is 8.52. The fourth-order valence-corrected chi connectivity index (χ4v) is 5.28. The van der Waals surface area contributed by atoms with E-state index in [2.05, 4.69) is 33.8 Å². The lowest BCUT2D eigenvalue weighted by Crippen LogP contribution is -2.49. The van der Waals surface area contributed by atoms with Gasteiger partial charge in [-0.2, -0.15) is 0 Å². The van der Waals surface area contributed by atoms with E-state index in [4.69, 9.17) is 5.11 Å². The maximum atomic E-state index is 10.5. The second-order valence-electron chi connectivity index (χ2n) is 8.52. The molecule has 1 fully saturated rings. The van der Waals surface area contributed by atoms with Crippen molar-refractivity contribution in [2.45, 2.75) is 72.8 Å². The minimum absolute atomic E-state index is 0.00923. The molecule has 0 bridgehead atoms. The number of hydrogen-bond donors (Lipinski definition) is 2. The van der Waals surface area contributed by atoms with Crippen molar-refractivity contribution in [1.82, 2.24) is 0 Å². The Hall–Kier alpha value is -0.600. The summed E-state index contributed by atoms with van der Waals surface area (Å²) in [5.74, 6) is 1.15. The number of fused-ring (bicyclic) bond motifs is 1. The van der Waals surface area contributed by atoms with Crippen molar-refractivity contribution in [3.8, 4) is 0 Å². The molecule has 2 heteroatoms. The molecule has 0 spiro atoms. The van der Waals surface area contributed by atoms with E-state index in [0.717, 1.165) is 12.0 Å². The molecule has 2 aliphatic rings. The molecule has 0 aromatic rings. The third-order valence-corrected chi connectivity index (χ3v) is 6.69. The van der Waals surface area contributed by atoms with Crippen LogP contribution in [0.3, 0.4) is 0 Å². The predicted molar refractivity (Wildman–Crippen MR) is 92.6 cm³/mol. The highest BCUT2D eigenvalue weighted by Gasteiger charge is 2.51. The molecule has 2 nitrogen and oxygen atoms in total. The van der Waals surface area contributed by atoms with Crippen LogP contribution in [0.5, 0.6) is 0 Å². The van der Waals surface area contributed by atoms with Gasteiger partial charge in [-0.3, -0.25) is 0 Å². The molecule has 0 unspecified atom stereocenters. The minimum Gasteiger partial charge on any atom is -0.392 e. The fraction of sp³-hybridized carbons (Fsp3) is 0.800. The van der Waals surface area contributed by atoms with Crippen LogP contribution in [0, 0.1) is 22.7 Å². The van der Waals surface area contributed by atoms with Crippen molar-refractivity contribution in [2.24, 2.45) is 22.7 Å². The first-order valence-electron chi connectivity index (χ1n) is 8.84. The van der Waals surface area contributed by atoms with Crippen LogP contribution in [0.2, 0.25) is 0 Å². The van der Waals surface area contributed by atoms with Gasteiger partial charge in [-0.25, -0.2) is 0 Å². The van der Waals surface area contributed by atoms with Crippen LogP contribution in [0.1, 0.15) is 66.7 Å². The second kappa shape index (κ2) is 6.49. The van der Waals surface area contributed by atoms with E-state index in [-0.39, 0.29) is 6.61 Å². The van der Waals surface area contributed by atoms with Gasteiger partial charge in [0.05, 0.1) is 12.7 Å². The van der Waals surface area contributed by atoms with Crippen LogP contribution in [-0.4, -0.2) is 22.9 Å². The molecule has 4 atom stereocenters. The minimum atomic E-state index is -0.443. The van der Waals surface area contributed by atoms with Crippen molar-refractivity contribution < 1.29 is 10.2 Å². The normalized spacial score (nSPS) is 36.5. The molecule has 0 heterocycles. The number of rotatable bonds is 4. The Bertz CT molecular complexity index is 460. The molecule has 0 aliphatic heterocycles. The lowest BCUT2D eigenvalue weighted by molar-refractivity contribution is -0.0469. The molecule has 0 amide bonds. The smallest absolute Gasteiger partial charge is 0.0754 e. The third-order valence-electron chi connectivity index (χ3n) is 6.69. The van der Waals surface area contributed by atoms with E-state index in [1.54, 1.807) is 6.08 Å². The summed E-state index contributed by atoms with van der Waals surface area (Å²) in [6, 6.07) is 0. The monoisotopic (exact) mass is 306 g/mol. The molecule has 0 aromatic carbocycles. The molecular formula is C20H34O2. The Morgan fingerprint density at radius 3 is 2.68 bits per heavy atom. The fourth-order valence-electron chi connectivity index (χ4n) is 5.28. The summed E-state index contributed by atoms with van der Waals surface area (Å²) in [4.78, 5) is 0. The van der Waals surface area contributed by atoms with E-state index in [0.29, 0.717) is 22.7 Å². The summed E-state index contributed by atoms with van der Waals surface area (Å²) in [5, 5.41) is 19.6. The largest absolute Gasteiger partial charge is 0.392 e. The molecule has 0 radical (unpaired) electrons. The highest BCUT2D eigenvalue weighted by atomic mass is 16.3. The first-order valence-corrected chi connectivity index (χ1v) is 8.84. The van der Waals surface area contributed by atoms with Crippen molar-refractivity contribution >= 4 is 0 Å². The molecule has 2 aliphatic carbocycles. The van der Waals surface area contributed by atoms with Crippen LogP contribution in [0.4, 0.5) is 0 Å². The van der Waals surface area contributed by atoms with Crippen molar-refractivity contribution in [3.05, 3.63) is 23.3 Å². The van der Waals surface area contributed by atoms with Crippen LogP contribution in [0.25, 0.3) is 0 Å². The molecule has 0 aromatic heterocycles. The summed E-state index contributed by atoms with van der Waals surface area (Å²) < 4.78 is 0. The van der Waals surface area contributed by atoms with Gasteiger partial charge in [-0.1, -0.05) is 44.9 Å². The van der Waals surface area contributed by atoms with Gasteiger partial charge in [0.15, 0.2) is 0 Å². The first kappa shape index (κ1) is 17.7. The zero-order valence-electron chi connectivity index (χ0n) is 15.0. The summed E-state index contributed by atoms with van der Waals surface area (Å²) >= 11 is 0. The van der Waals surface area contributed by atoms with E-state index in [1.165, 1.54) is 31.3 Å². The topological polar surface area (TPSA) is 40.5 Å². The molecule has 2 rings (SSSR count). The van der Waals surface area contributed by atoms with Crippen molar-refractivity contribution in [2.75, 3.05) is 6.61 Å². The Balaban J connectivity index is 2.27. The van der Waals surface area contributed by atoms with Crippen LogP contribution in [0.15, 0.2) is 23.3 Å².